The van der Waals surface area contributed by atoms with Crippen molar-refractivity contribution in [1.82, 2.24) is 5.16 Å². The van der Waals surface area contributed by atoms with Crippen LogP contribution in [-0.2, 0) is 9.47 Å². The van der Waals surface area contributed by atoms with Gasteiger partial charge in [-0.3, -0.25) is 10.1 Å². The second-order valence-electron chi connectivity index (χ2n) is 4.02. The van der Waals surface area contributed by atoms with Crippen molar-refractivity contribution in [3.05, 3.63) is 45.8 Å². The monoisotopic (exact) mass is 306 g/mol. The summed E-state index contributed by atoms with van der Waals surface area (Å²) >= 11 is 0. The number of methoxy groups -OCH3 is 2. The van der Waals surface area contributed by atoms with Gasteiger partial charge in [0.25, 0.3) is 11.4 Å². The summed E-state index contributed by atoms with van der Waals surface area (Å²) in [6.45, 7) is 0. The van der Waals surface area contributed by atoms with Gasteiger partial charge >= 0.3 is 11.9 Å². The van der Waals surface area contributed by atoms with E-state index in [0.717, 1.165) is 14.2 Å². The Morgan fingerprint density at radius 3 is 2.23 bits per heavy atom. The largest absolute Gasteiger partial charge is 0.464 e. The molecule has 0 spiro atoms. The van der Waals surface area contributed by atoms with E-state index in [0.29, 0.717) is 5.56 Å². The summed E-state index contributed by atoms with van der Waals surface area (Å²) in [5.41, 5.74) is 0.0115. The third-order valence-corrected chi connectivity index (χ3v) is 2.81. The van der Waals surface area contributed by atoms with Crippen molar-refractivity contribution >= 4 is 17.6 Å². The predicted octanol–water partition coefficient (Wildman–Crippen LogP) is 1.82. The van der Waals surface area contributed by atoms with E-state index < -0.39 is 16.9 Å². The smallest absolute Gasteiger partial charge is 0.377 e. The van der Waals surface area contributed by atoms with Gasteiger partial charge in [0, 0.05) is 12.1 Å². The number of benzene rings is 1. The lowest BCUT2D eigenvalue weighted by molar-refractivity contribution is -0.384. The standard InChI is InChI=1S/C13H10N2O7/c1-20-12(16)10-9(11(22-14-10)13(17)21-2)7-3-5-8(6-4-7)15(18)19/h3-6H,1-2H3. The minimum atomic E-state index is -0.837. The summed E-state index contributed by atoms with van der Waals surface area (Å²) in [5, 5.41) is 14.2. The summed E-state index contributed by atoms with van der Waals surface area (Å²) in [6, 6.07) is 5.18. The van der Waals surface area contributed by atoms with Gasteiger partial charge in [-0.05, 0) is 17.7 Å². The van der Waals surface area contributed by atoms with Crippen LogP contribution in [-0.4, -0.2) is 36.2 Å². The van der Waals surface area contributed by atoms with Crippen LogP contribution in [0.4, 0.5) is 5.69 Å². The Labute approximate surface area is 123 Å². The lowest BCUT2D eigenvalue weighted by atomic mass is 10.0. The van der Waals surface area contributed by atoms with Crippen molar-refractivity contribution in [2.75, 3.05) is 14.2 Å². The normalized spacial score (nSPS) is 10.1. The Hall–Kier alpha value is -3.23. The Morgan fingerprint density at radius 1 is 1.14 bits per heavy atom. The third-order valence-electron chi connectivity index (χ3n) is 2.81. The molecule has 0 radical (unpaired) electrons. The van der Waals surface area contributed by atoms with Crippen molar-refractivity contribution in [3.8, 4) is 11.1 Å². The highest BCUT2D eigenvalue weighted by atomic mass is 16.6. The molecule has 1 aromatic carbocycles. The molecule has 9 heteroatoms. The topological polar surface area (TPSA) is 122 Å². The van der Waals surface area contributed by atoms with Crippen LogP contribution >= 0.6 is 0 Å². The molecule has 0 atom stereocenters. The zero-order valence-electron chi connectivity index (χ0n) is 11.6. The molecule has 0 saturated heterocycles. The van der Waals surface area contributed by atoms with Crippen LogP contribution in [0.2, 0.25) is 0 Å². The van der Waals surface area contributed by atoms with Crippen LogP contribution in [0.25, 0.3) is 11.1 Å². The quantitative estimate of drug-likeness (QED) is 0.476. The van der Waals surface area contributed by atoms with Gasteiger partial charge in [-0.2, -0.15) is 0 Å². The number of non-ortho nitro benzene ring substituents is 1. The second kappa shape index (κ2) is 6.04. The van der Waals surface area contributed by atoms with Gasteiger partial charge in [-0.25, -0.2) is 9.59 Å². The van der Waals surface area contributed by atoms with Crippen molar-refractivity contribution in [3.63, 3.8) is 0 Å². The fourth-order valence-corrected chi connectivity index (χ4v) is 1.78. The molecular formula is C13H10N2O7. The molecular weight excluding hydrogens is 296 g/mol. The zero-order valence-corrected chi connectivity index (χ0v) is 11.6. The first-order valence-corrected chi connectivity index (χ1v) is 5.90. The molecule has 0 bridgehead atoms. The Balaban J connectivity index is 2.60. The summed E-state index contributed by atoms with van der Waals surface area (Å²) in [4.78, 5) is 33.5. The van der Waals surface area contributed by atoms with Gasteiger partial charge in [0.05, 0.1) is 24.7 Å². The number of carbonyl (C=O) groups is 2. The number of nitrogens with zero attached hydrogens (tertiary/aromatic N) is 2. The molecule has 2 rings (SSSR count). The Bertz CT molecular complexity index is 700. The van der Waals surface area contributed by atoms with Crippen molar-refractivity contribution in [1.29, 1.82) is 0 Å². The molecule has 114 valence electrons. The van der Waals surface area contributed by atoms with E-state index in [4.69, 9.17) is 4.52 Å². The van der Waals surface area contributed by atoms with E-state index in [1.165, 1.54) is 24.3 Å². The summed E-state index contributed by atoms with van der Waals surface area (Å²) < 4.78 is 14.0. The van der Waals surface area contributed by atoms with E-state index in [2.05, 4.69) is 14.6 Å². The fourth-order valence-electron chi connectivity index (χ4n) is 1.78. The highest BCUT2D eigenvalue weighted by molar-refractivity contribution is 6.03. The van der Waals surface area contributed by atoms with Crippen LogP contribution in [0.5, 0.6) is 0 Å². The summed E-state index contributed by atoms with van der Waals surface area (Å²) in [5.74, 6) is -1.94. The molecule has 0 fully saturated rings. The van der Waals surface area contributed by atoms with Crippen LogP contribution in [0.3, 0.4) is 0 Å². The SMILES string of the molecule is COC(=O)c1noc(C(=O)OC)c1-c1ccc([N+](=O)[O-])cc1. The highest BCUT2D eigenvalue weighted by Gasteiger charge is 2.28. The van der Waals surface area contributed by atoms with E-state index in [1.807, 2.05) is 0 Å². The van der Waals surface area contributed by atoms with Crippen LogP contribution in [0.15, 0.2) is 28.8 Å². The molecule has 1 heterocycles. The molecule has 0 N–H and O–H groups in total. The molecule has 0 aliphatic rings. The first kappa shape index (κ1) is 15.2. The molecule has 0 aliphatic heterocycles. The minimum absolute atomic E-state index is 0.0496. The number of hydrogen-bond donors (Lipinski definition) is 0. The molecule has 0 amide bonds. The van der Waals surface area contributed by atoms with Crippen LogP contribution in [0.1, 0.15) is 21.0 Å². The number of nitro groups is 1. The van der Waals surface area contributed by atoms with Crippen molar-refractivity contribution in [2.24, 2.45) is 0 Å². The fraction of sp³-hybridized carbons (Fsp3) is 0.154. The minimum Gasteiger partial charge on any atom is -0.464 e. The first-order chi connectivity index (χ1) is 10.5. The Morgan fingerprint density at radius 2 is 1.73 bits per heavy atom. The molecule has 0 aliphatic carbocycles. The highest BCUT2D eigenvalue weighted by Crippen LogP contribution is 2.30. The molecule has 2 aromatic rings. The molecule has 0 saturated carbocycles. The number of aromatic nitrogens is 1. The average Bonchev–Trinajstić information content (AvgIpc) is 2.98. The van der Waals surface area contributed by atoms with Crippen LogP contribution < -0.4 is 0 Å². The number of nitro benzene ring substituents is 1. The second-order valence-corrected chi connectivity index (χ2v) is 4.02. The maximum absolute atomic E-state index is 11.7. The number of ether oxygens (including phenoxy) is 2. The average molecular weight is 306 g/mol. The third kappa shape index (κ3) is 2.64. The van der Waals surface area contributed by atoms with Gasteiger partial charge in [-0.1, -0.05) is 5.16 Å². The van der Waals surface area contributed by atoms with Gasteiger partial charge in [-0.15, -0.1) is 0 Å². The summed E-state index contributed by atoms with van der Waals surface area (Å²) in [7, 11) is 2.29. The molecule has 1 aromatic heterocycles. The van der Waals surface area contributed by atoms with Crippen molar-refractivity contribution in [2.45, 2.75) is 0 Å². The molecule has 22 heavy (non-hydrogen) atoms. The Kier molecular flexibility index (Phi) is 4.16. The number of carbonyl (C=O) groups excluding carboxylic acids is 2. The van der Waals surface area contributed by atoms with E-state index in [1.54, 1.807) is 0 Å². The van der Waals surface area contributed by atoms with Crippen molar-refractivity contribution < 1.29 is 28.5 Å². The van der Waals surface area contributed by atoms with Crippen LogP contribution in [0, 0.1) is 10.1 Å². The number of rotatable bonds is 4. The first-order valence-electron chi connectivity index (χ1n) is 5.90. The maximum atomic E-state index is 11.7. The van der Waals surface area contributed by atoms with Gasteiger partial charge in [0.15, 0.2) is 5.69 Å². The lowest BCUT2D eigenvalue weighted by Gasteiger charge is -2.02. The zero-order chi connectivity index (χ0) is 16.3. The van der Waals surface area contributed by atoms with Gasteiger partial charge in [0.1, 0.15) is 0 Å². The summed E-state index contributed by atoms with van der Waals surface area (Å²) in [6.07, 6.45) is 0. The lowest BCUT2D eigenvalue weighted by Crippen LogP contribution is -2.06. The molecule has 0 unspecified atom stereocenters. The van der Waals surface area contributed by atoms with E-state index >= 15 is 0 Å². The van der Waals surface area contributed by atoms with E-state index in [-0.39, 0.29) is 22.7 Å². The maximum Gasteiger partial charge on any atom is 0.377 e. The van der Waals surface area contributed by atoms with Gasteiger partial charge < -0.3 is 14.0 Å². The number of hydrogen-bond acceptors (Lipinski definition) is 8. The predicted molar refractivity (Wildman–Crippen MR) is 71.3 cm³/mol. The molecule has 9 nitrogen and oxygen atoms in total. The van der Waals surface area contributed by atoms with Gasteiger partial charge in [0.2, 0.25) is 0 Å². The van der Waals surface area contributed by atoms with E-state index in [9.17, 15) is 19.7 Å². The number of esters is 2.